The van der Waals surface area contributed by atoms with E-state index in [0.717, 1.165) is 5.56 Å². The number of carbonyl (C=O) groups is 1. The van der Waals surface area contributed by atoms with Crippen LogP contribution in [0.4, 0.5) is 0 Å². The molecule has 0 aliphatic rings. The van der Waals surface area contributed by atoms with Crippen LogP contribution in [-0.2, 0) is 0 Å². The Bertz CT molecular complexity index is 361. The number of ketones is 1. The fourth-order valence-corrected chi connectivity index (χ4v) is 1.61. The van der Waals surface area contributed by atoms with Gasteiger partial charge in [-0.2, -0.15) is 0 Å². The molecule has 0 amide bonds. The van der Waals surface area contributed by atoms with Gasteiger partial charge in [0.15, 0.2) is 5.78 Å². The molecule has 3 heteroatoms. The second-order valence-electron chi connectivity index (χ2n) is 3.88. The van der Waals surface area contributed by atoms with E-state index in [9.17, 15) is 4.79 Å². The summed E-state index contributed by atoms with van der Waals surface area (Å²) < 4.78 is 0. The summed E-state index contributed by atoms with van der Waals surface area (Å²) in [4.78, 5) is 11.7. The van der Waals surface area contributed by atoms with Crippen LogP contribution in [0.3, 0.4) is 0 Å². The highest BCUT2D eigenvalue weighted by atomic mass is 35.5. The zero-order valence-electron chi connectivity index (χ0n) is 9.30. The summed E-state index contributed by atoms with van der Waals surface area (Å²) in [5.41, 5.74) is 1.78. The van der Waals surface area contributed by atoms with E-state index in [-0.39, 0.29) is 5.78 Å². The summed E-state index contributed by atoms with van der Waals surface area (Å²) in [6.45, 7) is 4.51. The molecule has 0 atom stereocenters. The zero-order valence-corrected chi connectivity index (χ0v) is 10.1. The lowest BCUT2D eigenvalue weighted by Gasteiger charge is -2.08. The lowest BCUT2D eigenvalue weighted by Crippen LogP contribution is -2.18. The topological polar surface area (TPSA) is 29.1 Å². The molecule has 1 rings (SSSR count). The minimum Gasteiger partial charge on any atom is -0.313 e. The summed E-state index contributed by atoms with van der Waals surface area (Å²) in [6.07, 6.45) is 0. The normalized spacial score (nSPS) is 10.7. The third-order valence-corrected chi connectivity index (χ3v) is 2.46. The second kappa shape index (κ2) is 5.29. The number of halogens is 1. The summed E-state index contributed by atoms with van der Waals surface area (Å²) in [7, 11) is 1.76. The number of benzene rings is 1. The number of hydrogen-bond donors (Lipinski definition) is 1. The summed E-state index contributed by atoms with van der Waals surface area (Å²) in [6, 6.07) is 5.53. The van der Waals surface area contributed by atoms with E-state index in [2.05, 4.69) is 19.2 Å². The van der Waals surface area contributed by atoms with E-state index in [0.29, 0.717) is 23.0 Å². The first-order chi connectivity index (χ1) is 7.04. The van der Waals surface area contributed by atoms with Gasteiger partial charge in [-0.05, 0) is 36.7 Å². The number of Topliss-reactive ketones (excluding diaryl/α,β-unsaturated/α-hetero) is 1. The van der Waals surface area contributed by atoms with Crippen molar-refractivity contribution in [1.29, 1.82) is 0 Å². The molecule has 0 spiro atoms. The number of rotatable bonds is 4. The van der Waals surface area contributed by atoms with E-state index >= 15 is 0 Å². The number of carbonyl (C=O) groups excluding carboxylic acids is 1. The van der Waals surface area contributed by atoms with Gasteiger partial charge in [0.25, 0.3) is 0 Å². The van der Waals surface area contributed by atoms with E-state index in [4.69, 9.17) is 11.6 Å². The molecule has 2 nitrogen and oxygen atoms in total. The molecule has 0 aliphatic carbocycles. The maximum absolute atomic E-state index is 11.7. The summed E-state index contributed by atoms with van der Waals surface area (Å²) in [5, 5.41) is 3.47. The first-order valence-corrected chi connectivity index (χ1v) is 5.40. The highest BCUT2D eigenvalue weighted by Crippen LogP contribution is 2.21. The van der Waals surface area contributed by atoms with Gasteiger partial charge in [0.05, 0.1) is 6.54 Å². The van der Waals surface area contributed by atoms with Crippen molar-refractivity contribution < 1.29 is 4.79 Å². The average Bonchev–Trinajstić information content (AvgIpc) is 2.17. The van der Waals surface area contributed by atoms with E-state index < -0.39 is 0 Å². The molecule has 0 heterocycles. The largest absolute Gasteiger partial charge is 0.313 e. The Labute approximate surface area is 95.6 Å². The van der Waals surface area contributed by atoms with Crippen LogP contribution >= 0.6 is 11.6 Å². The Morgan fingerprint density at radius 1 is 1.40 bits per heavy atom. The third kappa shape index (κ3) is 3.33. The Balaban J connectivity index is 3.03. The molecule has 0 fully saturated rings. The van der Waals surface area contributed by atoms with Crippen LogP contribution in [-0.4, -0.2) is 19.4 Å². The maximum Gasteiger partial charge on any atom is 0.176 e. The first kappa shape index (κ1) is 12.2. The van der Waals surface area contributed by atoms with Crippen LogP contribution in [0.5, 0.6) is 0 Å². The van der Waals surface area contributed by atoms with Crippen molar-refractivity contribution in [2.45, 2.75) is 19.8 Å². The molecule has 0 aromatic heterocycles. The second-order valence-corrected chi connectivity index (χ2v) is 4.32. The number of hydrogen-bond acceptors (Lipinski definition) is 2. The highest BCUT2D eigenvalue weighted by molar-refractivity contribution is 6.31. The van der Waals surface area contributed by atoms with Crippen LogP contribution in [0.15, 0.2) is 18.2 Å². The third-order valence-electron chi connectivity index (χ3n) is 2.25. The van der Waals surface area contributed by atoms with Gasteiger partial charge in [0, 0.05) is 10.6 Å². The van der Waals surface area contributed by atoms with Crippen molar-refractivity contribution >= 4 is 17.4 Å². The van der Waals surface area contributed by atoms with E-state index in [1.807, 2.05) is 12.1 Å². The van der Waals surface area contributed by atoms with E-state index in [1.165, 1.54) is 0 Å². The van der Waals surface area contributed by atoms with Crippen LogP contribution < -0.4 is 5.32 Å². The monoisotopic (exact) mass is 225 g/mol. The van der Waals surface area contributed by atoms with Crippen LogP contribution in [0.1, 0.15) is 35.7 Å². The molecule has 0 radical (unpaired) electrons. The molecule has 0 bridgehead atoms. The molecule has 0 saturated heterocycles. The van der Waals surface area contributed by atoms with Crippen molar-refractivity contribution in [3.63, 3.8) is 0 Å². The van der Waals surface area contributed by atoms with Crippen molar-refractivity contribution in [3.05, 3.63) is 34.3 Å². The highest BCUT2D eigenvalue weighted by Gasteiger charge is 2.09. The Morgan fingerprint density at radius 2 is 2.07 bits per heavy atom. The Hall–Kier alpha value is -0.860. The van der Waals surface area contributed by atoms with Crippen LogP contribution in [0, 0.1) is 0 Å². The van der Waals surface area contributed by atoms with Gasteiger partial charge >= 0.3 is 0 Å². The Morgan fingerprint density at radius 3 is 2.60 bits per heavy atom. The lowest BCUT2D eigenvalue weighted by molar-refractivity contribution is 0.0993. The maximum atomic E-state index is 11.7. The van der Waals surface area contributed by atoms with Gasteiger partial charge in [-0.15, -0.1) is 0 Å². The fourth-order valence-electron chi connectivity index (χ4n) is 1.37. The predicted octanol–water partition coefficient (Wildman–Crippen LogP) is 2.87. The van der Waals surface area contributed by atoms with Crippen molar-refractivity contribution in [2.75, 3.05) is 13.6 Å². The fraction of sp³-hybridized carbons (Fsp3) is 0.417. The molecular weight excluding hydrogens is 210 g/mol. The summed E-state index contributed by atoms with van der Waals surface area (Å²) >= 11 is 5.97. The number of likely N-dealkylation sites (N-methyl/N-ethyl adjacent to an activating group) is 1. The molecule has 82 valence electrons. The minimum atomic E-state index is 0.0712. The zero-order chi connectivity index (χ0) is 11.4. The predicted molar refractivity (Wildman–Crippen MR) is 63.8 cm³/mol. The van der Waals surface area contributed by atoms with E-state index in [1.54, 1.807) is 13.1 Å². The molecule has 15 heavy (non-hydrogen) atoms. The van der Waals surface area contributed by atoms with Crippen LogP contribution in [0.25, 0.3) is 0 Å². The smallest absolute Gasteiger partial charge is 0.176 e. The molecular formula is C12H16ClNO. The average molecular weight is 226 g/mol. The molecule has 1 aromatic rings. The van der Waals surface area contributed by atoms with Gasteiger partial charge in [0.1, 0.15) is 0 Å². The van der Waals surface area contributed by atoms with Crippen molar-refractivity contribution in [3.8, 4) is 0 Å². The SMILES string of the molecule is CNCC(=O)c1cc(Cl)cc(C(C)C)c1. The molecule has 0 saturated carbocycles. The van der Waals surface area contributed by atoms with Crippen molar-refractivity contribution in [1.82, 2.24) is 5.32 Å². The van der Waals surface area contributed by atoms with Crippen molar-refractivity contribution in [2.24, 2.45) is 0 Å². The van der Waals surface area contributed by atoms with Crippen LogP contribution in [0.2, 0.25) is 5.02 Å². The molecule has 1 N–H and O–H groups in total. The van der Waals surface area contributed by atoms with Gasteiger partial charge in [-0.25, -0.2) is 0 Å². The Kier molecular flexibility index (Phi) is 4.30. The van der Waals surface area contributed by atoms with Gasteiger partial charge < -0.3 is 5.32 Å². The molecule has 1 aromatic carbocycles. The first-order valence-electron chi connectivity index (χ1n) is 5.03. The number of nitrogens with one attached hydrogen (secondary N) is 1. The molecule has 0 aliphatic heterocycles. The lowest BCUT2D eigenvalue weighted by atomic mass is 9.99. The standard InChI is InChI=1S/C12H16ClNO/c1-8(2)9-4-10(6-11(13)5-9)12(15)7-14-3/h4-6,8,14H,7H2,1-3H3. The van der Waals surface area contributed by atoms with Gasteiger partial charge in [-0.1, -0.05) is 25.4 Å². The quantitative estimate of drug-likeness (QED) is 0.799. The minimum absolute atomic E-state index is 0.0712. The summed E-state index contributed by atoms with van der Waals surface area (Å²) in [5.74, 6) is 0.451. The van der Waals surface area contributed by atoms with Gasteiger partial charge in [-0.3, -0.25) is 4.79 Å². The molecule has 0 unspecified atom stereocenters. The van der Waals surface area contributed by atoms with Gasteiger partial charge in [0.2, 0.25) is 0 Å².